The molecular weight excluding hydrogens is 306 g/mol. The molecule has 0 fully saturated rings. The highest BCUT2D eigenvalue weighted by Gasteiger charge is 2.26. The van der Waals surface area contributed by atoms with E-state index in [2.05, 4.69) is 18.0 Å². The Hall–Kier alpha value is -2.72. The summed E-state index contributed by atoms with van der Waals surface area (Å²) in [5.74, 6) is 0. The maximum atomic E-state index is 11.2. The second-order valence-electron chi connectivity index (χ2n) is 6.10. The molecule has 2 heterocycles. The van der Waals surface area contributed by atoms with Crippen LogP contribution in [0.4, 0.5) is 5.69 Å². The summed E-state index contributed by atoms with van der Waals surface area (Å²) in [5, 5.41) is 24.8. The lowest BCUT2D eigenvalue weighted by atomic mass is 9.97. The number of nitrogens with zero attached hydrogens (tertiary/aromatic N) is 5. The van der Waals surface area contributed by atoms with E-state index in [0.29, 0.717) is 18.5 Å². The Morgan fingerprint density at radius 1 is 1.46 bits per heavy atom. The lowest BCUT2D eigenvalue weighted by Gasteiger charge is -2.23. The molecule has 0 unspecified atom stereocenters. The van der Waals surface area contributed by atoms with E-state index in [1.54, 1.807) is 13.0 Å². The first-order valence-electron chi connectivity index (χ1n) is 7.91. The quantitative estimate of drug-likeness (QED) is 0.637. The van der Waals surface area contributed by atoms with Crippen LogP contribution in [0.2, 0.25) is 0 Å². The third-order valence-corrected chi connectivity index (χ3v) is 4.52. The summed E-state index contributed by atoms with van der Waals surface area (Å²) in [4.78, 5) is 13.1. The number of nitro groups is 1. The first-order chi connectivity index (χ1) is 11.5. The minimum Gasteiger partial charge on any atom is -0.302 e. The van der Waals surface area contributed by atoms with E-state index in [1.165, 1.54) is 6.07 Å². The van der Waals surface area contributed by atoms with Gasteiger partial charge in [0, 0.05) is 48.0 Å². The minimum atomic E-state index is -0.357. The molecule has 124 valence electrons. The van der Waals surface area contributed by atoms with Crippen LogP contribution in [0.1, 0.15) is 23.2 Å². The van der Waals surface area contributed by atoms with Gasteiger partial charge < -0.3 is 4.90 Å². The molecule has 0 atom stereocenters. The number of likely N-dealkylation sites (N-methyl/N-ethyl adjacent to an activating group) is 1. The van der Waals surface area contributed by atoms with E-state index in [1.807, 2.05) is 10.7 Å². The third kappa shape index (κ3) is 2.76. The van der Waals surface area contributed by atoms with Crippen LogP contribution in [0.15, 0.2) is 18.2 Å². The van der Waals surface area contributed by atoms with Gasteiger partial charge in [-0.15, -0.1) is 0 Å². The molecular formula is C17H19N5O2. The number of hydrogen-bond donors (Lipinski definition) is 0. The maximum Gasteiger partial charge on any atom is 0.272 e. The van der Waals surface area contributed by atoms with Crippen molar-refractivity contribution >= 4 is 5.69 Å². The zero-order valence-electron chi connectivity index (χ0n) is 13.8. The number of benzene rings is 1. The molecule has 0 spiro atoms. The van der Waals surface area contributed by atoms with Crippen LogP contribution in [0.25, 0.3) is 11.3 Å². The number of hydrogen-bond acceptors (Lipinski definition) is 5. The van der Waals surface area contributed by atoms with Crippen molar-refractivity contribution in [2.24, 2.45) is 0 Å². The Balaban J connectivity index is 2.15. The molecule has 0 amide bonds. The average Bonchev–Trinajstić information content (AvgIpc) is 2.90. The number of aromatic nitrogens is 2. The van der Waals surface area contributed by atoms with Crippen LogP contribution in [0.3, 0.4) is 0 Å². The highest BCUT2D eigenvalue weighted by Crippen LogP contribution is 2.34. The van der Waals surface area contributed by atoms with Crippen LogP contribution in [-0.2, 0) is 19.5 Å². The molecule has 1 aromatic heterocycles. The second kappa shape index (κ2) is 6.42. The van der Waals surface area contributed by atoms with E-state index in [0.717, 1.165) is 42.0 Å². The molecule has 3 rings (SSSR count). The molecule has 1 aromatic carbocycles. The van der Waals surface area contributed by atoms with Crippen LogP contribution in [-0.4, -0.2) is 33.2 Å². The largest absolute Gasteiger partial charge is 0.302 e. The molecule has 7 heteroatoms. The Morgan fingerprint density at radius 3 is 2.96 bits per heavy atom. The van der Waals surface area contributed by atoms with Gasteiger partial charge >= 0.3 is 0 Å². The summed E-state index contributed by atoms with van der Waals surface area (Å²) < 4.78 is 1.90. The van der Waals surface area contributed by atoms with Gasteiger partial charge in [-0.05, 0) is 14.0 Å². The minimum absolute atomic E-state index is 0.108. The summed E-state index contributed by atoms with van der Waals surface area (Å²) in [7, 11) is 2.06. The monoisotopic (exact) mass is 325 g/mol. The second-order valence-corrected chi connectivity index (χ2v) is 6.10. The molecule has 1 aliphatic rings. The number of nitro benzene ring substituents is 1. The molecule has 24 heavy (non-hydrogen) atoms. The molecule has 0 aliphatic carbocycles. The van der Waals surface area contributed by atoms with Gasteiger partial charge in [-0.2, -0.15) is 10.4 Å². The number of fused-ring (bicyclic) bond motifs is 1. The zero-order valence-corrected chi connectivity index (χ0v) is 13.8. The van der Waals surface area contributed by atoms with Gasteiger partial charge in [-0.25, -0.2) is 0 Å². The fourth-order valence-electron chi connectivity index (χ4n) is 3.26. The van der Waals surface area contributed by atoms with Crippen molar-refractivity contribution in [1.82, 2.24) is 14.7 Å². The predicted octanol–water partition coefficient (Wildman–Crippen LogP) is 2.67. The van der Waals surface area contributed by atoms with Crippen molar-refractivity contribution in [2.45, 2.75) is 32.9 Å². The summed E-state index contributed by atoms with van der Waals surface area (Å²) >= 11 is 0. The van der Waals surface area contributed by atoms with Gasteiger partial charge in [-0.1, -0.05) is 12.1 Å². The average molecular weight is 325 g/mol. The topological polar surface area (TPSA) is 88.0 Å². The van der Waals surface area contributed by atoms with Crippen LogP contribution >= 0.6 is 0 Å². The van der Waals surface area contributed by atoms with E-state index >= 15 is 0 Å². The number of rotatable bonds is 4. The third-order valence-electron chi connectivity index (χ3n) is 4.52. The van der Waals surface area contributed by atoms with E-state index in [-0.39, 0.29) is 10.6 Å². The molecule has 1 aliphatic heterocycles. The highest BCUT2D eigenvalue weighted by atomic mass is 16.6. The van der Waals surface area contributed by atoms with Gasteiger partial charge in [0.25, 0.3) is 5.69 Å². The van der Waals surface area contributed by atoms with E-state index in [4.69, 9.17) is 10.4 Å². The fraction of sp³-hybridized carbons (Fsp3) is 0.412. The van der Waals surface area contributed by atoms with Crippen LogP contribution in [0.5, 0.6) is 0 Å². The van der Waals surface area contributed by atoms with Crippen molar-refractivity contribution in [3.05, 3.63) is 45.1 Å². The van der Waals surface area contributed by atoms with Gasteiger partial charge in [0.15, 0.2) is 0 Å². The van der Waals surface area contributed by atoms with Crippen LogP contribution in [0, 0.1) is 28.4 Å². The molecule has 0 radical (unpaired) electrons. The Labute approximate surface area is 140 Å². The summed E-state index contributed by atoms with van der Waals surface area (Å²) in [5.41, 5.74) is 4.59. The molecule has 0 saturated heterocycles. The zero-order chi connectivity index (χ0) is 17.3. The summed E-state index contributed by atoms with van der Waals surface area (Å²) in [6, 6.07) is 7.26. The first-order valence-corrected chi connectivity index (χ1v) is 7.91. The Bertz CT molecular complexity index is 834. The standard InChI is InChI=1S/C17H19N5O2/c1-12-13(5-3-6-15(12)22(23)24)17-14-11-20(2)10-7-16(14)21(19-17)9-4-8-18/h3,5-6H,4,7,9-11H2,1-2H3. The molecule has 7 nitrogen and oxygen atoms in total. The van der Waals surface area contributed by atoms with Gasteiger partial charge in [0.1, 0.15) is 0 Å². The van der Waals surface area contributed by atoms with Gasteiger partial charge in [0.05, 0.1) is 29.7 Å². The molecule has 0 bridgehead atoms. The van der Waals surface area contributed by atoms with Gasteiger partial charge in [0.2, 0.25) is 0 Å². The lowest BCUT2D eigenvalue weighted by Crippen LogP contribution is -2.27. The lowest BCUT2D eigenvalue weighted by molar-refractivity contribution is -0.385. The smallest absolute Gasteiger partial charge is 0.272 e. The van der Waals surface area contributed by atoms with Crippen molar-refractivity contribution < 1.29 is 4.92 Å². The first kappa shape index (κ1) is 16.1. The fourth-order valence-corrected chi connectivity index (χ4v) is 3.26. The van der Waals surface area contributed by atoms with Crippen molar-refractivity contribution in [2.75, 3.05) is 13.6 Å². The van der Waals surface area contributed by atoms with Gasteiger partial charge in [-0.3, -0.25) is 14.8 Å². The molecule has 0 N–H and O–H groups in total. The number of nitriles is 1. The normalized spacial score (nSPS) is 14.2. The number of aryl methyl sites for hydroxylation is 1. The molecule has 0 saturated carbocycles. The summed E-state index contributed by atoms with van der Waals surface area (Å²) in [6.07, 6.45) is 1.27. The van der Waals surface area contributed by atoms with E-state index < -0.39 is 0 Å². The SMILES string of the molecule is Cc1c(-c2nn(CCC#N)c3c2CN(C)CC3)cccc1[N+](=O)[O-]. The van der Waals surface area contributed by atoms with Crippen molar-refractivity contribution in [3.63, 3.8) is 0 Å². The molecule has 2 aromatic rings. The Morgan fingerprint density at radius 2 is 2.25 bits per heavy atom. The van der Waals surface area contributed by atoms with E-state index in [9.17, 15) is 10.1 Å². The van der Waals surface area contributed by atoms with Crippen molar-refractivity contribution in [1.29, 1.82) is 5.26 Å². The Kier molecular flexibility index (Phi) is 4.32. The summed E-state index contributed by atoms with van der Waals surface area (Å²) in [6.45, 7) is 4.02. The maximum absolute atomic E-state index is 11.2. The highest BCUT2D eigenvalue weighted by molar-refractivity contribution is 5.71. The van der Waals surface area contributed by atoms with Crippen LogP contribution < -0.4 is 0 Å². The van der Waals surface area contributed by atoms with Crippen molar-refractivity contribution in [3.8, 4) is 17.3 Å². The predicted molar refractivity (Wildman–Crippen MR) is 89.3 cm³/mol.